The molecule has 1 aromatic carbocycles. The Labute approximate surface area is 151 Å². The lowest BCUT2D eigenvalue weighted by molar-refractivity contribution is 0.0791. The van der Waals surface area contributed by atoms with E-state index in [9.17, 15) is 9.90 Å². The van der Waals surface area contributed by atoms with E-state index in [2.05, 4.69) is 48.4 Å². The van der Waals surface area contributed by atoms with Crippen molar-refractivity contribution in [1.29, 1.82) is 0 Å². The van der Waals surface area contributed by atoms with Crippen LogP contribution in [-0.2, 0) is 13.1 Å². The molecule has 0 aromatic heterocycles. The fourth-order valence-corrected chi connectivity index (χ4v) is 3.42. The molecule has 0 radical (unpaired) electrons. The van der Waals surface area contributed by atoms with E-state index in [4.69, 9.17) is 0 Å². The molecule has 0 spiro atoms. The molecule has 0 bridgehead atoms. The van der Waals surface area contributed by atoms with Gasteiger partial charge >= 0.3 is 6.03 Å². The van der Waals surface area contributed by atoms with Crippen LogP contribution >= 0.6 is 0 Å². The molecule has 1 saturated heterocycles. The highest BCUT2D eigenvalue weighted by molar-refractivity contribution is 5.74. The molecule has 2 amide bonds. The van der Waals surface area contributed by atoms with Crippen LogP contribution in [0.2, 0.25) is 0 Å². The summed E-state index contributed by atoms with van der Waals surface area (Å²) in [5.74, 6) is 0. The third-order valence-corrected chi connectivity index (χ3v) is 4.84. The minimum atomic E-state index is -0.188. The molecule has 1 aromatic rings. The fourth-order valence-electron chi connectivity index (χ4n) is 3.42. The molecule has 1 aliphatic rings. The fraction of sp³-hybridized carbons (Fsp3) is 0.650. The summed E-state index contributed by atoms with van der Waals surface area (Å²) in [6.45, 7) is 9.47. The zero-order valence-corrected chi connectivity index (χ0v) is 15.8. The van der Waals surface area contributed by atoms with Gasteiger partial charge in [0.1, 0.15) is 0 Å². The van der Waals surface area contributed by atoms with Crippen molar-refractivity contribution >= 4 is 6.03 Å². The second-order valence-electron chi connectivity index (χ2n) is 7.72. The van der Waals surface area contributed by atoms with Crippen molar-refractivity contribution in [2.45, 2.75) is 71.2 Å². The first-order chi connectivity index (χ1) is 11.9. The van der Waals surface area contributed by atoms with E-state index in [0.717, 1.165) is 50.9 Å². The molecule has 1 heterocycles. The highest BCUT2D eigenvalue weighted by Gasteiger charge is 2.20. The van der Waals surface area contributed by atoms with Crippen LogP contribution in [0.3, 0.4) is 0 Å². The number of aliphatic hydroxyl groups is 1. The first-order valence-corrected chi connectivity index (χ1v) is 9.43. The van der Waals surface area contributed by atoms with Crippen LogP contribution in [0.5, 0.6) is 0 Å². The number of nitrogens with zero attached hydrogens (tertiary/aromatic N) is 1. The number of hydrogen-bond acceptors (Lipinski definition) is 3. The standard InChI is InChI=1S/C20H33N3O2/c1-4-11-20(2,3)22-19(25)21-14-16-7-5-6-8-17(16)15-23-12-9-18(24)10-13-23/h5-8,18,24H,4,9-15H2,1-3H3,(H2,21,22,25). The average molecular weight is 348 g/mol. The molecular weight excluding hydrogens is 314 g/mol. The van der Waals surface area contributed by atoms with Gasteiger partial charge in [-0.15, -0.1) is 0 Å². The van der Waals surface area contributed by atoms with Crippen LogP contribution in [0.1, 0.15) is 57.6 Å². The van der Waals surface area contributed by atoms with Crippen molar-refractivity contribution < 1.29 is 9.90 Å². The summed E-state index contributed by atoms with van der Waals surface area (Å²) >= 11 is 0. The molecule has 25 heavy (non-hydrogen) atoms. The molecule has 3 N–H and O–H groups in total. The molecule has 1 fully saturated rings. The van der Waals surface area contributed by atoms with Crippen LogP contribution in [0.4, 0.5) is 4.79 Å². The maximum atomic E-state index is 12.2. The molecule has 0 unspecified atom stereocenters. The van der Waals surface area contributed by atoms with Gasteiger partial charge in [-0.25, -0.2) is 4.79 Å². The quantitative estimate of drug-likeness (QED) is 0.710. The normalized spacial score (nSPS) is 16.6. The summed E-state index contributed by atoms with van der Waals surface area (Å²) in [4.78, 5) is 14.6. The highest BCUT2D eigenvalue weighted by Crippen LogP contribution is 2.17. The first kappa shape index (κ1) is 19.7. The molecular formula is C20H33N3O2. The zero-order chi connectivity index (χ0) is 18.3. The number of rotatable bonds is 7. The third kappa shape index (κ3) is 6.67. The summed E-state index contributed by atoms with van der Waals surface area (Å²) in [6.07, 6.45) is 3.53. The Bertz CT molecular complexity index is 552. The summed E-state index contributed by atoms with van der Waals surface area (Å²) in [5, 5.41) is 15.7. The van der Waals surface area contributed by atoms with Gasteiger partial charge in [0, 0.05) is 31.7 Å². The first-order valence-electron chi connectivity index (χ1n) is 9.43. The monoisotopic (exact) mass is 347 g/mol. The van der Waals surface area contributed by atoms with E-state index < -0.39 is 0 Å². The van der Waals surface area contributed by atoms with Crippen molar-refractivity contribution in [3.63, 3.8) is 0 Å². The molecule has 5 nitrogen and oxygen atoms in total. The SMILES string of the molecule is CCCC(C)(C)NC(=O)NCc1ccccc1CN1CCC(O)CC1. The maximum Gasteiger partial charge on any atom is 0.315 e. The number of piperidine rings is 1. The van der Waals surface area contributed by atoms with Crippen molar-refractivity contribution in [2.24, 2.45) is 0 Å². The largest absolute Gasteiger partial charge is 0.393 e. The van der Waals surface area contributed by atoms with Gasteiger partial charge in [-0.3, -0.25) is 4.90 Å². The van der Waals surface area contributed by atoms with Crippen LogP contribution in [0, 0.1) is 0 Å². The summed E-state index contributed by atoms with van der Waals surface area (Å²) in [6, 6.07) is 8.14. The number of benzene rings is 1. The second-order valence-corrected chi connectivity index (χ2v) is 7.72. The summed E-state index contributed by atoms with van der Waals surface area (Å²) in [7, 11) is 0. The number of aliphatic hydroxyl groups excluding tert-OH is 1. The number of carbonyl (C=O) groups is 1. The van der Waals surface area contributed by atoms with Crippen LogP contribution in [0.25, 0.3) is 0 Å². The Morgan fingerprint density at radius 2 is 1.88 bits per heavy atom. The van der Waals surface area contributed by atoms with E-state index in [-0.39, 0.29) is 17.7 Å². The van der Waals surface area contributed by atoms with E-state index in [0.29, 0.717) is 6.54 Å². The number of likely N-dealkylation sites (tertiary alicyclic amines) is 1. The minimum Gasteiger partial charge on any atom is -0.393 e. The van der Waals surface area contributed by atoms with Gasteiger partial charge in [0.2, 0.25) is 0 Å². The van der Waals surface area contributed by atoms with Crippen LogP contribution in [0.15, 0.2) is 24.3 Å². The number of hydrogen-bond donors (Lipinski definition) is 3. The second kappa shape index (κ2) is 9.20. The lowest BCUT2D eigenvalue weighted by atomic mass is 9.99. The summed E-state index contributed by atoms with van der Waals surface area (Å²) in [5.41, 5.74) is 2.21. The molecule has 0 saturated carbocycles. The van der Waals surface area contributed by atoms with Crippen molar-refractivity contribution in [1.82, 2.24) is 15.5 Å². The molecule has 5 heteroatoms. The van der Waals surface area contributed by atoms with Crippen LogP contribution < -0.4 is 10.6 Å². The molecule has 1 aliphatic heterocycles. The van der Waals surface area contributed by atoms with Crippen molar-refractivity contribution in [3.05, 3.63) is 35.4 Å². The van der Waals surface area contributed by atoms with E-state index in [1.54, 1.807) is 0 Å². The van der Waals surface area contributed by atoms with E-state index >= 15 is 0 Å². The van der Waals surface area contributed by atoms with Gasteiger partial charge in [-0.1, -0.05) is 37.6 Å². The third-order valence-electron chi connectivity index (χ3n) is 4.84. The number of nitrogens with one attached hydrogen (secondary N) is 2. The summed E-state index contributed by atoms with van der Waals surface area (Å²) < 4.78 is 0. The van der Waals surface area contributed by atoms with Crippen molar-refractivity contribution in [2.75, 3.05) is 13.1 Å². The Morgan fingerprint density at radius 3 is 2.52 bits per heavy atom. The number of amides is 2. The van der Waals surface area contributed by atoms with Crippen molar-refractivity contribution in [3.8, 4) is 0 Å². The van der Waals surface area contributed by atoms with E-state index in [1.165, 1.54) is 5.56 Å². The molecule has 140 valence electrons. The van der Waals surface area contributed by atoms with Gasteiger partial charge in [-0.2, -0.15) is 0 Å². The highest BCUT2D eigenvalue weighted by atomic mass is 16.3. The molecule has 2 rings (SSSR count). The van der Waals surface area contributed by atoms with Gasteiger partial charge in [0.15, 0.2) is 0 Å². The van der Waals surface area contributed by atoms with Gasteiger partial charge in [0.25, 0.3) is 0 Å². The van der Waals surface area contributed by atoms with Gasteiger partial charge in [0.05, 0.1) is 6.10 Å². The Kier molecular flexibility index (Phi) is 7.26. The van der Waals surface area contributed by atoms with E-state index in [1.807, 2.05) is 12.1 Å². The number of carbonyl (C=O) groups excluding carboxylic acids is 1. The van der Waals surface area contributed by atoms with Gasteiger partial charge in [-0.05, 0) is 44.2 Å². The molecule has 0 aliphatic carbocycles. The maximum absolute atomic E-state index is 12.2. The molecule has 0 atom stereocenters. The predicted octanol–water partition coefficient (Wildman–Crippen LogP) is 3.02. The Hall–Kier alpha value is -1.59. The predicted molar refractivity (Wildman–Crippen MR) is 101 cm³/mol. The lowest BCUT2D eigenvalue weighted by Gasteiger charge is -2.30. The topological polar surface area (TPSA) is 64.6 Å². The Morgan fingerprint density at radius 1 is 1.24 bits per heavy atom. The minimum absolute atomic E-state index is 0.116. The number of urea groups is 1. The Balaban J connectivity index is 1.88. The zero-order valence-electron chi connectivity index (χ0n) is 15.8. The average Bonchev–Trinajstić information content (AvgIpc) is 2.55. The smallest absolute Gasteiger partial charge is 0.315 e. The lowest BCUT2D eigenvalue weighted by Crippen LogP contribution is -2.48. The van der Waals surface area contributed by atoms with Crippen LogP contribution in [-0.4, -0.2) is 40.8 Å². The van der Waals surface area contributed by atoms with Gasteiger partial charge < -0.3 is 15.7 Å².